The van der Waals surface area contributed by atoms with Crippen LogP contribution >= 0.6 is 0 Å². The van der Waals surface area contributed by atoms with E-state index in [1.807, 2.05) is 0 Å². The molecule has 2 aliphatic carbocycles. The fourth-order valence-corrected chi connectivity index (χ4v) is 4.28. The molecule has 1 aromatic carbocycles. The second-order valence-electron chi connectivity index (χ2n) is 6.11. The minimum absolute atomic E-state index is 0.823. The summed E-state index contributed by atoms with van der Waals surface area (Å²) >= 11 is 0. The number of aryl methyl sites for hydroxylation is 1. The zero-order valence-corrected chi connectivity index (χ0v) is 10.9. The van der Waals surface area contributed by atoms with Crippen LogP contribution in [-0.4, -0.2) is 4.98 Å². The van der Waals surface area contributed by atoms with E-state index < -0.39 is 0 Å². The summed E-state index contributed by atoms with van der Waals surface area (Å²) < 4.78 is 0. The maximum atomic E-state index is 3.74. The van der Waals surface area contributed by atoms with Crippen molar-refractivity contribution in [3.05, 3.63) is 35.5 Å². The van der Waals surface area contributed by atoms with Crippen LogP contribution in [0.25, 0.3) is 10.9 Å². The molecule has 1 atom stereocenters. The number of benzene rings is 1. The predicted molar refractivity (Wildman–Crippen MR) is 75.9 cm³/mol. The van der Waals surface area contributed by atoms with Gasteiger partial charge in [-0.05, 0) is 49.7 Å². The first-order chi connectivity index (χ1) is 8.93. The van der Waals surface area contributed by atoms with Crippen LogP contribution in [0.15, 0.2) is 24.3 Å². The largest absolute Gasteiger partial charge is 0.358 e. The molecule has 1 unspecified atom stereocenters. The van der Waals surface area contributed by atoms with E-state index in [4.69, 9.17) is 0 Å². The molecular formula is C17H21N. The van der Waals surface area contributed by atoms with Crippen molar-refractivity contribution in [2.24, 2.45) is 5.92 Å². The van der Waals surface area contributed by atoms with E-state index >= 15 is 0 Å². The van der Waals surface area contributed by atoms with E-state index in [1.54, 1.807) is 11.3 Å². The predicted octanol–water partition coefficient (Wildman–Crippen LogP) is 4.78. The first kappa shape index (κ1) is 10.7. The zero-order valence-electron chi connectivity index (χ0n) is 10.9. The summed E-state index contributed by atoms with van der Waals surface area (Å²) in [6.07, 6.45) is 9.90. The SMILES string of the molecule is c1ccc2c3c([nH]c2c1)C(C1CCCC1)CCC3. The number of rotatable bonds is 1. The minimum atomic E-state index is 0.823. The smallest absolute Gasteiger partial charge is 0.0459 e. The third kappa shape index (κ3) is 1.53. The van der Waals surface area contributed by atoms with Crippen LogP contribution in [0, 0.1) is 5.92 Å². The second kappa shape index (κ2) is 4.15. The number of hydrogen-bond donors (Lipinski definition) is 1. The Hall–Kier alpha value is -1.24. The van der Waals surface area contributed by atoms with Crippen molar-refractivity contribution in [3.8, 4) is 0 Å². The van der Waals surface area contributed by atoms with E-state index in [-0.39, 0.29) is 0 Å². The molecule has 4 rings (SSSR count). The maximum absolute atomic E-state index is 3.74. The summed E-state index contributed by atoms with van der Waals surface area (Å²) in [4.78, 5) is 3.74. The van der Waals surface area contributed by atoms with E-state index in [0.717, 1.165) is 11.8 Å². The fourth-order valence-electron chi connectivity index (χ4n) is 4.28. The molecule has 2 aliphatic rings. The third-order valence-electron chi connectivity index (χ3n) is 5.13. The molecule has 0 bridgehead atoms. The molecule has 1 fully saturated rings. The van der Waals surface area contributed by atoms with Crippen LogP contribution in [0.4, 0.5) is 0 Å². The summed E-state index contributed by atoms with van der Waals surface area (Å²) in [5.41, 5.74) is 4.58. The van der Waals surface area contributed by atoms with Crippen molar-refractivity contribution in [2.45, 2.75) is 50.9 Å². The molecule has 1 nitrogen and oxygen atoms in total. The van der Waals surface area contributed by atoms with Gasteiger partial charge in [-0.1, -0.05) is 31.0 Å². The van der Waals surface area contributed by atoms with Crippen molar-refractivity contribution in [2.75, 3.05) is 0 Å². The number of para-hydroxylation sites is 1. The van der Waals surface area contributed by atoms with Gasteiger partial charge < -0.3 is 4.98 Å². The number of aromatic amines is 1. The first-order valence-electron chi connectivity index (χ1n) is 7.53. The van der Waals surface area contributed by atoms with Crippen LogP contribution in [-0.2, 0) is 6.42 Å². The Labute approximate surface area is 109 Å². The van der Waals surface area contributed by atoms with E-state index in [2.05, 4.69) is 29.2 Å². The highest BCUT2D eigenvalue weighted by molar-refractivity contribution is 5.85. The Bertz CT molecular complexity index is 560. The molecule has 94 valence electrons. The summed E-state index contributed by atoms with van der Waals surface area (Å²) in [6.45, 7) is 0. The van der Waals surface area contributed by atoms with Crippen LogP contribution in [0.3, 0.4) is 0 Å². The van der Waals surface area contributed by atoms with Gasteiger partial charge in [-0.15, -0.1) is 0 Å². The average Bonchev–Trinajstić information content (AvgIpc) is 3.05. The Morgan fingerprint density at radius 2 is 1.78 bits per heavy atom. The zero-order chi connectivity index (χ0) is 11.9. The molecule has 2 aromatic rings. The standard InChI is InChI=1S/C17H21N/c1-2-7-12(6-1)13-9-5-10-15-14-8-3-4-11-16(14)18-17(13)15/h3-4,8,11-13,18H,1-2,5-7,9-10H2. The minimum Gasteiger partial charge on any atom is -0.358 e. The van der Waals surface area contributed by atoms with E-state index in [1.165, 1.54) is 55.8 Å². The van der Waals surface area contributed by atoms with Crippen LogP contribution in [0.1, 0.15) is 55.7 Å². The van der Waals surface area contributed by atoms with Gasteiger partial charge in [-0.25, -0.2) is 0 Å². The van der Waals surface area contributed by atoms with Gasteiger partial charge in [0.25, 0.3) is 0 Å². The molecule has 1 saturated carbocycles. The van der Waals surface area contributed by atoms with Gasteiger partial charge in [0.15, 0.2) is 0 Å². The van der Waals surface area contributed by atoms with Gasteiger partial charge in [0.05, 0.1) is 0 Å². The number of H-pyrrole nitrogens is 1. The van der Waals surface area contributed by atoms with Gasteiger partial charge in [-0.2, -0.15) is 0 Å². The molecule has 1 heterocycles. The van der Waals surface area contributed by atoms with Gasteiger partial charge in [0.1, 0.15) is 0 Å². The lowest BCUT2D eigenvalue weighted by Gasteiger charge is -2.27. The molecular weight excluding hydrogens is 218 g/mol. The van der Waals surface area contributed by atoms with Crippen LogP contribution < -0.4 is 0 Å². The normalized spacial score (nSPS) is 24.6. The van der Waals surface area contributed by atoms with Gasteiger partial charge >= 0.3 is 0 Å². The number of hydrogen-bond acceptors (Lipinski definition) is 0. The highest BCUT2D eigenvalue weighted by Gasteiger charge is 2.31. The molecule has 0 saturated heterocycles. The van der Waals surface area contributed by atoms with Crippen LogP contribution in [0.5, 0.6) is 0 Å². The number of fused-ring (bicyclic) bond motifs is 3. The molecule has 0 radical (unpaired) electrons. The molecule has 1 aromatic heterocycles. The second-order valence-corrected chi connectivity index (χ2v) is 6.11. The quantitative estimate of drug-likeness (QED) is 0.737. The van der Waals surface area contributed by atoms with Gasteiger partial charge in [-0.3, -0.25) is 0 Å². The summed E-state index contributed by atoms with van der Waals surface area (Å²) in [5.74, 6) is 1.78. The number of aromatic nitrogens is 1. The van der Waals surface area contributed by atoms with E-state index in [0.29, 0.717) is 0 Å². The monoisotopic (exact) mass is 239 g/mol. The van der Waals surface area contributed by atoms with Crippen molar-refractivity contribution in [3.63, 3.8) is 0 Å². The summed E-state index contributed by atoms with van der Waals surface area (Å²) in [5, 5.41) is 1.48. The van der Waals surface area contributed by atoms with Crippen molar-refractivity contribution < 1.29 is 0 Å². The van der Waals surface area contributed by atoms with Crippen molar-refractivity contribution >= 4 is 10.9 Å². The lowest BCUT2D eigenvalue weighted by atomic mass is 9.78. The number of nitrogens with one attached hydrogen (secondary N) is 1. The third-order valence-corrected chi connectivity index (χ3v) is 5.13. The topological polar surface area (TPSA) is 15.8 Å². The average molecular weight is 239 g/mol. The van der Waals surface area contributed by atoms with E-state index in [9.17, 15) is 0 Å². The van der Waals surface area contributed by atoms with Gasteiger partial charge in [0.2, 0.25) is 0 Å². The van der Waals surface area contributed by atoms with Crippen molar-refractivity contribution in [1.82, 2.24) is 4.98 Å². The summed E-state index contributed by atoms with van der Waals surface area (Å²) in [7, 11) is 0. The Balaban J connectivity index is 1.83. The maximum Gasteiger partial charge on any atom is 0.0459 e. The fraction of sp³-hybridized carbons (Fsp3) is 0.529. The molecule has 1 heteroatoms. The molecule has 0 spiro atoms. The summed E-state index contributed by atoms with van der Waals surface area (Å²) in [6, 6.07) is 8.85. The van der Waals surface area contributed by atoms with Crippen molar-refractivity contribution in [1.29, 1.82) is 0 Å². The molecule has 0 aliphatic heterocycles. The molecule has 18 heavy (non-hydrogen) atoms. The highest BCUT2D eigenvalue weighted by atomic mass is 14.7. The highest BCUT2D eigenvalue weighted by Crippen LogP contribution is 2.45. The lowest BCUT2D eigenvalue weighted by Crippen LogP contribution is -2.16. The lowest BCUT2D eigenvalue weighted by molar-refractivity contribution is 0.382. The molecule has 0 amide bonds. The van der Waals surface area contributed by atoms with Crippen LogP contribution in [0.2, 0.25) is 0 Å². The Kier molecular flexibility index (Phi) is 2.46. The first-order valence-corrected chi connectivity index (χ1v) is 7.53. The Morgan fingerprint density at radius 3 is 2.67 bits per heavy atom. The van der Waals surface area contributed by atoms with Gasteiger partial charge in [0, 0.05) is 22.5 Å². The molecule has 1 N–H and O–H groups in total. The Morgan fingerprint density at radius 1 is 0.944 bits per heavy atom.